The van der Waals surface area contributed by atoms with Gasteiger partial charge in [0.1, 0.15) is 11.5 Å². The van der Waals surface area contributed by atoms with Crippen LogP contribution in [0.5, 0.6) is 0 Å². The lowest BCUT2D eigenvalue weighted by Crippen LogP contribution is -2.54. The van der Waals surface area contributed by atoms with Crippen LogP contribution in [0.25, 0.3) is 0 Å². The van der Waals surface area contributed by atoms with Gasteiger partial charge in [-0.25, -0.2) is 4.98 Å². The van der Waals surface area contributed by atoms with Crippen LogP contribution in [-0.2, 0) is 4.74 Å². The third-order valence-corrected chi connectivity index (χ3v) is 3.11. The van der Waals surface area contributed by atoms with E-state index in [-0.39, 0.29) is 24.1 Å². The first-order chi connectivity index (χ1) is 9.45. The molecule has 2 rings (SSSR count). The number of amidine groups is 1. The molecule has 7 nitrogen and oxygen atoms in total. The molecule has 1 saturated heterocycles. The van der Waals surface area contributed by atoms with E-state index in [4.69, 9.17) is 15.7 Å². The molecule has 7 heteroatoms. The van der Waals surface area contributed by atoms with Gasteiger partial charge in [0.25, 0.3) is 0 Å². The smallest absolute Gasteiger partial charge is 0.188 e. The summed E-state index contributed by atoms with van der Waals surface area (Å²) in [5.41, 5.74) is 5.59. The van der Waals surface area contributed by atoms with E-state index in [2.05, 4.69) is 10.1 Å². The van der Waals surface area contributed by atoms with Crippen molar-refractivity contribution in [2.24, 2.45) is 10.9 Å². The summed E-state index contributed by atoms with van der Waals surface area (Å²) in [6.07, 6.45) is -0.256. The lowest BCUT2D eigenvalue weighted by molar-refractivity contribution is -0.101. The molecule has 110 valence electrons. The predicted octanol–water partition coefficient (Wildman–Crippen LogP) is 0.152. The van der Waals surface area contributed by atoms with Crippen LogP contribution in [0.15, 0.2) is 23.4 Å². The number of aromatic nitrogens is 1. The zero-order valence-corrected chi connectivity index (χ0v) is 11.7. The summed E-state index contributed by atoms with van der Waals surface area (Å²) in [5.74, 6) is 0.682. The van der Waals surface area contributed by atoms with E-state index in [1.165, 1.54) is 0 Å². The zero-order valence-electron chi connectivity index (χ0n) is 11.7. The minimum Gasteiger partial charge on any atom is -0.409 e. The number of oxime groups is 1. The van der Waals surface area contributed by atoms with Gasteiger partial charge in [0.15, 0.2) is 5.84 Å². The van der Waals surface area contributed by atoms with E-state index < -0.39 is 0 Å². The van der Waals surface area contributed by atoms with Gasteiger partial charge in [0.2, 0.25) is 0 Å². The van der Waals surface area contributed by atoms with E-state index in [9.17, 15) is 5.11 Å². The first kappa shape index (κ1) is 14.5. The maximum absolute atomic E-state index is 9.32. The van der Waals surface area contributed by atoms with Gasteiger partial charge < -0.3 is 25.7 Å². The minimum atomic E-state index is -0.375. The molecule has 1 unspecified atom stereocenters. The summed E-state index contributed by atoms with van der Waals surface area (Å²) in [6, 6.07) is 5.32. The molecular weight excluding hydrogens is 260 g/mol. The number of ether oxygens (including phenoxy) is 1. The van der Waals surface area contributed by atoms with Crippen LogP contribution >= 0.6 is 0 Å². The Morgan fingerprint density at radius 1 is 1.60 bits per heavy atom. The number of hydrogen-bond donors (Lipinski definition) is 3. The monoisotopic (exact) mass is 280 g/mol. The molecule has 1 aliphatic rings. The number of nitrogens with two attached hydrogens (primary N) is 1. The van der Waals surface area contributed by atoms with Crippen LogP contribution in [0.4, 0.5) is 5.82 Å². The standard InChI is InChI=1S/C13H20N4O3/c1-13(2)8-17(6-9(7-18)20-13)11-5-3-4-10(15-11)12(14)16-19/h3-5,9,18-19H,6-8H2,1-2H3,(H2,14,16). The molecule has 0 radical (unpaired) electrons. The molecule has 1 aromatic heterocycles. The van der Waals surface area contributed by atoms with E-state index in [0.717, 1.165) is 0 Å². The lowest BCUT2D eigenvalue weighted by Gasteiger charge is -2.42. The molecule has 20 heavy (non-hydrogen) atoms. The predicted molar refractivity (Wildman–Crippen MR) is 75.0 cm³/mol. The molecule has 0 spiro atoms. The summed E-state index contributed by atoms with van der Waals surface area (Å²) >= 11 is 0. The average Bonchev–Trinajstić information content (AvgIpc) is 2.44. The Balaban J connectivity index is 2.26. The molecule has 1 fully saturated rings. The first-order valence-electron chi connectivity index (χ1n) is 6.44. The fourth-order valence-corrected chi connectivity index (χ4v) is 2.36. The van der Waals surface area contributed by atoms with Crippen molar-refractivity contribution in [1.29, 1.82) is 0 Å². The Morgan fingerprint density at radius 3 is 3.00 bits per heavy atom. The third-order valence-electron chi connectivity index (χ3n) is 3.11. The van der Waals surface area contributed by atoms with Crippen LogP contribution < -0.4 is 10.6 Å². The van der Waals surface area contributed by atoms with Gasteiger partial charge in [0, 0.05) is 13.1 Å². The van der Waals surface area contributed by atoms with Gasteiger partial charge in [-0.1, -0.05) is 11.2 Å². The van der Waals surface area contributed by atoms with Crippen molar-refractivity contribution in [3.63, 3.8) is 0 Å². The topological polar surface area (TPSA) is 104 Å². The van der Waals surface area contributed by atoms with E-state index >= 15 is 0 Å². The minimum absolute atomic E-state index is 0.0296. The second kappa shape index (κ2) is 5.64. The summed E-state index contributed by atoms with van der Waals surface area (Å²) in [4.78, 5) is 6.40. The molecule has 1 aromatic rings. The Kier molecular flexibility index (Phi) is 4.10. The third kappa shape index (κ3) is 3.17. The normalized spacial score (nSPS) is 22.9. The highest BCUT2D eigenvalue weighted by atomic mass is 16.5. The lowest BCUT2D eigenvalue weighted by atomic mass is 10.1. The van der Waals surface area contributed by atoms with Crippen molar-refractivity contribution < 1.29 is 15.1 Å². The number of hydrogen-bond acceptors (Lipinski definition) is 6. The van der Waals surface area contributed by atoms with Crippen molar-refractivity contribution in [3.8, 4) is 0 Å². The van der Waals surface area contributed by atoms with E-state index in [1.807, 2.05) is 24.8 Å². The van der Waals surface area contributed by atoms with Crippen LogP contribution in [0.3, 0.4) is 0 Å². The molecule has 0 bridgehead atoms. The Hall–Kier alpha value is -1.86. The van der Waals surface area contributed by atoms with Crippen molar-refractivity contribution >= 4 is 11.7 Å². The largest absolute Gasteiger partial charge is 0.409 e. The van der Waals surface area contributed by atoms with E-state index in [1.54, 1.807) is 12.1 Å². The second-order valence-electron chi connectivity index (χ2n) is 5.43. The summed E-state index contributed by atoms with van der Waals surface area (Å²) < 4.78 is 5.77. The van der Waals surface area contributed by atoms with Gasteiger partial charge in [0.05, 0.1) is 18.3 Å². The summed E-state index contributed by atoms with van der Waals surface area (Å²) in [6.45, 7) is 5.09. The molecule has 0 aliphatic carbocycles. The van der Waals surface area contributed by atoms with Crippen molar-refractivity contribution in [1.82, 2.24) is 4.98 Å². The van der Waals surface area contributed by atoms with Gasteiger partial charge in [-0.05, 0) is 26.0 Å². The van der Waals surface area contributed by atoms with Crippen molar-refractivity contribution in [2.45, 2.75) is 25.6 Å². The number of aliphatic hydroxyl groups is 1. The Labute approximate surface area is 117 Å². The molecule has 2 heterocycles. The fraction of sp³-hybridized carbons (Fsp3) is 0.538. The SMILES string of the molecule is CC1(C)CN(c2cccc(/C(N)=N/O)n2)CC(CO)O1. The van der Waals surface area contributed by atoms with Crippen molar-refractivity contribution in [3.05, 3.63) is 23.9 Å². The molecule has 1 atom stereocenters. The van der Waals surface area contributed by atoms with Crippen LogP contribution in [0, 0.1) is 0 Å². The maximum atomic E-state index is 9.32. The van der Waals surface area contributed by atoms with Gasteiger partial charge in [-0.15, -0.1) is 0 Å². The molecular formula is C13H20N4O3. The molecule has 0 amide bonds. The Morgan fingerprint density at radius 2 is 2.35 bits per heavy atom. The number of anilines is 1. The molecule has 4 N–H and O–H groups in total. The highest BCUT2D eigenvalue weighted by molar-refractivity contribution is 5.95. The fourth-order valence-electron chi connectivity index (χ4n) is 2.36. The molecule has 0 saturated carbocycles. The number of rotatable bonds is 3. The zero-order chi connectivity index (χ0) is 14.8. The second-order valence-corrected chi connectivity index (χ2v) is 5.43. The first-order valence-corrected chi connectivity index (χ1v) is 6.44. The number of morpholine rings is 1. The summed E-state index contributed by atoms with van der Waals surface area (Å²) in [5, 5.41) is 21.0. The number of pyridine rings is 1. The van der Waals surface area contributed by atoms with Crippen molar-refractivity contribution in [2.75, 3.05) is 24.6 Å². The van der Waals surface area contributed by atoms with Crippen LogP contribution in [-0.4, -0.2) is 52.5 Å². The Bertz CT molecular complexity index is 504. The maximum Gasteiger partial charge on any atom is 0.188 e. The van der Waals surface area contributed by atoms with Gasteiger partial charge in [-0.2, -0.15) is 0 Å². The van der Waals surface area contributed by atoms with Gasteiger partial charge >= 0.3 is 0 Å². The highest BCUT2D eigenvalue weighted by Crippen LogP contribution is 2.24. The highest BCUT2D eigenvalue weighted by Gasteiger charge is 2.33. The summed E-state index contributed by atoms with van der Waals surface area (Å²) in [7, 11) is 0. The van der Waals surface area contributed by atoms with Gasteiger partial charge in [-0.3, -0.25) is 0 Å². The van der Waals surface area contributed by atoms with Crippen LogP contribution in [0.1, 0.15) is 19.5 Å². The number of aliphatic hydroxyl groups excluding tert-OH is 1. The molecule has 1 aliphatic heterocycles. The molecule has 0 aromatic carbocycles. The average molecular weight is 280 g/mol. The quantitative estimate of drug-likeness (QED) is 0.315. The van der Waals surface area contributed by atoms with E-state index in [0.29, 0.717) is 24.6 Å². The van der Waals surface area contributed by atoms with Crippen LogP contribution in [0.2, 0.25) is 0 Å². The number of nitrogens with zero attached hydrogens (tertiary/aromatic N) is 3.